The summed E-state index contributed by atoms with van der Waals surface area (Å²) in [5.41, 5.74) is 0.321. The van der Waals surface area contributed by atoms with Crippen molar-refractivity contribution in [3.8, 4) is 0 Å². The molecule has 7 nitrogen and oxygen atoms in total. The van der Waals surface area contributed by atoms with E-state index in [4.69, 9.17) is 4.52 Å². The largest absolute Gasteiger partial charge is 0.360 e. The zero-order valence-electron chi connectivity index (χ0n) is 13.6. The van der Waals surface area contributed by atoms with Gasteiger partial charge in [0.2, 0.25) is 0 Å². The van der Waals surface area contributed by atoms with E-state index in [9.17, 15) is 13.2 Å². The van der Waals surface area contributed by atoms with Crippen LogP contribution in [0.4, 0.5) is 11.5 Å². The first-order chi connectivity index (χ1) is 12.3. The van der Waals surface area contributed by atoms with Crippen LogP contribution in [0, 0.1) is 6.92 Å². The normalized spacial score (nSPS) is 11.2. The van der Waals surface area contributed by atoms with E-state index in [1.54, 1.807) is 37.3 Å². The summed E-state index contributed by atoms with van der Waals surface area (Å²) in [5, 5.41) is 6.26. The van der Waals surface area contributed by atoms with Gasteiger partial charge in [-0.05, 0) is 43.3 Å². The van der Waals surface area contributed by atoms with Gasteiger partial charge in [0, 0.05) is 10.5 Å². The number of anilines is 2. The van der Waals surface area contributed by atoms with Crippen molar-refractivity contribution in [3.05, 3.63) is 70.4 Å². The van der Waals surface area contributed by atoms with E-state index in [2.05, 4.69) is 31.1 Å². The SMILES string of the molecule is Cc1cc(NC(=O)c2ccccc2NS(=O)(=O)c2ccc(Br)cc2)no1. The Morgan fingerprint density at radius 3 is 2.46 bits per heavy atom. The lowest BCUT2D eigenvalue weighted by Gasteiger charge is -2.12. The molecule has 0 unspecified atom stereocenters. The molecule has 1 heterocycles. The number of sulfonamides is 1. The lowest BCUT2D eigenvalue weighted by molar-refractivity contribution is 0.102. The Hall–Kier alpha value is -2.65. The van der Waals surface area contributed by atoms with Crippen LogP contribution in [0.5, 0.6) is 0 Å². The number of hydrogen-bond donors (Lipinski definition) is 2. The molecular formula is C17H14BrN3O4S. The molecule has 3 aromatic rings. The molecule has 1 aromatic heterocycles. The fourth-order valence-corrected chi connectivity index (χ4v) is 3.54. The first-order valence-corrected chi connectivity index (χ1v) is 9.75. The lowest BCUT2D eigenvalue weighted by atomic mass is 10.1. The maximum atomic E-state index is 12.6. The minimum Gasteiger partial charge on any atom is -0.360 e. The summed E-state index contributed by atoms with van der Waals surface area (Å²) in [7, 11) is -3.84. The molecule has 3 rings (SSSR count). The summed E-state index contributed by atoms with van der Waals surface area (Å²) in [5.74, 6) is 0.287. The fraction of sp³-hybridized carbons (Fsp3) is 0.0588. The number of hydrogen-bond acceptors (Lipinski definition) is 5. The van der Waals surface area contributed by atoms with Gasteiger partial charge >= 0.3 is 0 Å². The summed E-state index contributed by atoms with van der Waals surface area (Å²) in [6.45, 7) is 1.70. The van der Waals surface area contributed by atoms with Gasteiger partial charge in [-0.2, -0.15) is 0 Å². The minimum atomic E-state index is -3.84. The molecule has 1 amide bonds. The lowest BCUT2D eigenvalue weighted by Crippen LogP contribution is -2.18. The van der Waals surface area contributed by atoms with Crippen LogP contribution in [0.25, 0.3) is 0 Å². The molecule has 0 spiro atoms. The van der Waals surface area contributed by atoms with Crippen molar-refractivity contribution in [3.63, 3.8) is 0 Å². The molecule has 0 bridgehead atoms. The van der Waals surface area contributed by atoms with Crippen molar-refractivity contribution >= 4 is 43.4 Å². The number of nitrogens with zero attached hydrogens (tertiary/aromatic N) is 1. The Labute approximate surface area is 158 Å². The predicted octanol–water partition coefficient (Wildman–Crippen LogP) is 3.80. The molecule has 0 aliphatic carbocycles. The number of amides is 1. The monoisotopic (exact) mass is 435 g/mol. The van der Waals surface area contributed by atoms with Gasteiger partial charge in [-0.3, -0.25) is 9.52 Å². The van der Waals surface area contributed by atoms with E-state index >= 15 is 0 Å². The van der Waals surface area contributed by atoms with Crippen molar-refractivity contribution < 1.29 is 17.7 Å². The number of nitrogens with one attached hydrogen (secondary N) is 2. The van der Waals surface area contributed by atoms with E-state index < -0.39 is 15.9 Å². The van der Waals surface area contributed by atoms with Crippen molar-refractivity contribution in [2.24, 2.45) is 0 Å². The number of aromatic nitrogens is 1. The van der Waals surface area contributed by atoms with Crippen molar-refractivity contribution in [2.75, 3.05) is 10.0 Å². The quantitative estimate of drug-likeness (QED) is 0.634. The zero-order valence-corrected chi connectivity index (χ0v) is 16.0. The molecule has 2 N–H and O–H groups in total. The molecule has 0 radical (unpaired) electrons. The third-order valence-corrected chi connectivity index (χ3v) is 5.32. The Bertz CT molecular complexity index is 1050. The maximum Gasteiger partial charge on any atom is 0.261 e. The number of carbonyl (C=O) groups excluding carboxylic acids is 1. The molecule has 134 valence electrons. The molecular weight excluding hydrogens is 422 g/mol. The highest BCUT2D eigenvalue weighted by molar-refractivity contribution is 9.10. The highest BCUT2D eigenvalue weighted by Gasteiger charge is 2.19. The van der Waals surface area contributed by atoms with E-state index in [1.165, 1.54) is 24.3 Å². The number of benzene rings is 2. The molecule has 0 saturated carbocycles. The number of halogens is 1. The Kier molecular flexibility index (Phi) is 5.10. The molecule has 0 saturated heterocycles. The number of carbonyl (C=O) groups is 1. The highest BCUT2D eigenvalue weighted by Crippen LogP contribution is 2.22. The third-order valence-electron chi connectivity index (χ3n) is 3.41. The first-order valence-electron chi connectivity index (χ1n) is 7.47. The van der Waals surface area contributed by atoms with Crippen molar-refractivity contribution in [1.29, 1.82) is 0 Å². The summed E-state index contributed by atoms with van der Waals surface area (Å²) in [6, 6.07) is 14.0. The van der Waals surface area contributed by atoms with Gasteiger partial charge in [-0.15, -0.1) is 0 Å². The topological polar surface area (TPSA) is 101 Å². The summed E-state index contributed by atoms with van der Waals surface area (Å²) in [6.07, 6.45) is 0. The van der Waals surface area contributed by atoms with Crippen LogP contribution < -0.4 is 10.0 Å². The Morgan fingerprint density at radius 1 is 1.12 bits per heavy atom. The second kappa shape index (κ2) is 7.30. The van der Waals surface area contributed by atoms with Crippen LogP contribution in [0.3, 0.4) is 0 Å². The van der Waals surface area contributed by atoms with Crippen LogP contribution in [0.2, 0.25) is 0 Å². The highest BCUT2D eigenvalue weighted by atomic mass is 79.9. The smallest absolute Gasteiger partial charge is 0.261 e. The van der Waals surface area contributed by atoms with Crippen LogP contribution in [0.1, 0.15) is 16.1 Å². The second-order valence-electron chi connectivity index (χ2n) is 5.38. The predicted molar refractivity (Wildman–Crippen MR) is 101 cm³/mol. The molecule has 2 aromatic carbocycles. The first kappa shape index (κ1) is 18.2. The van der Waals surface area contributed by atoms with Crippen molar-refractivity contribution in [1.82, 2.24) is 5.16 Å². The van der Waals surface area contributed by atoms with Crippen LogP contribution in [-0.4, -0.2) is 19.5 Å². The van der Waals surface area contributed by atoms with Gasteiger partial charge in [0.25, 0.3) is 15.9 Å². The summed E-state index contributed by atoms with van der Waals surface area (Å²) >= 11 is 3.26. The maximum absolute atomic E-state index is 12.6. The van der Waals surface area contributed by atoms with E-state index in [0.717, 1.165) is 4.47 Å². The van der Waals surface area contributed by atoms with E-state index in [0.29, 0.717) is 5.76 Å². The van der Waals surface area contributed by atoms with Crippen LogP contribution in [-0.2, 0) is 10.0 Å². The van der Waals surface area contributed by atoms with Gasteiger partial charge in [0.1, 0.15) is 5.76 Å². The average Bonchev–Trinajstić information content (AvgIpc) is 3.00. The third kappa shape index (κ3) is 4.12. The standard InChI is InChI=1S/C17H14BrN3O4S/c1-11-10-16(20-25-11)19-17(22)14-4-2-3-5-15(14)21-26(23,24)13-8-6-12(18)7-9-13/h2-10,21H,1H3,(H,19,20,22). The number of rotatable bonds is 5. The minimum absolute atomic E-state index is 0.0861. The van der Waals surface area contributed by atoms with E-state index in [-0.39, 0.29) is 22.0 Å². The van der Waals surface area contributed by atoms with Gasteiger partial charge < -0.3 is 9.84 Å². The number of para-hydroxylation sites is 1. The average molecular weight is 436 g/mol. The second-order valence-corrected chi connectivity index (χ2v) is 7.98. The van der Waals surface area contributed by atoms with Gasteiger partial charge in [0.15, 0.2) is 5.82 Å². The van der Waals surface area contributed by atoms with Gasteiger partial charge in [-0.25, -0.2) is 8.42 Å². The molecule has 0 aliphatic rings. The Balaban J connectivity index is 1.87. The Morgan fingerprint density at radius 2 is 1.81 bits per heavy atom. The zero-order chi connectivity index (χ0) is 18.7. The molecule has 26 heavy (non-hydrogen) atoms. The van der Waals surface area contributed by atoms with E-state index in [1.807, 2.05) is 0 Å². The number of aryl methyl sites for hydroxylation is 1. The molecule has 0 fully saturated rings. The van der Waals surface area contributed by atoms with Crippen molar-refractivity contribution in [2.45, 2.75) is 11.8 Å². The summed E-state index contributed by atoms with van der Waals surface area (Å²) in [4.78, 5) is 12.6. The van der Waals surface area contributed by atoms with Gasteiger partial charge in [-0.1, -0.05) is 33.2 Å². The molecule has 0 atom stereocenters. The fourth-order valence-electron chi connectivity index (χ4n) is 2.20. The van der Waals surface area contributed by atoms with Gasteiger partial charge in [0.05, 0.1) is 16.1 Å². The molecule has 9 heteroatoms. The summed E-state index contributed by atoms with van der Waals surface area (Å²) < 4.78 is 33.2. The molecule has 0 aliphatic heterocycles. The van der Waals surface area contributed by atoms with Crippen LogP contribution in [0.15, 0.2) is 68.5 Å². The van der Waals surface area contributed by atoms with Crippen LogP contribution >= 0.6 is 15.9 Å².